The summed E-state index contributed by atoms with van der Waals surface area (Å²) in [6.45, 7) is 3.80. The smallest absolute Gasteiger partial charge is 0.191 e. The van der Waals surface area contributed by atoms with E-state index in [1.807, 2.05) is 25.1 Å². The summed E-state index contributed by atoms with van der Waals surface area (Å²) in [6.07, 6.45) is 1.24. The topological polar surface area (TPSA) is 54.9 Å². The van der Waals surface area contributed by atoms with Crippen molar-refractivity contribution in [1.29, 1.82) is 0 Å². The Morgan fingerprint density at radius 2 is 1.59 bits per heavy atom. The minimum Gasteiger partial charge on any atom is -0.493 e. The van der Waals surface area contributed by atoms with Crippen LogP contribution in [0.25, 0.3) is 0 Å². The minimum atomic E-state index is -0.564. The molecule has 8 heteroatoms. The van der Waals surface area contributed by atoms with Crippen LogP contribution >= 0.6 is 24.0 Å². The Morgan fingerprint density at radius 1 is 0.897 bits per heavy atom. The molecule has 0 heterocycles. The van der Waals surface area contributed by atoms with E-state index in [0.717, 1.165) is 24.6 Å². The van der Waals surface area contributed by atoms with Crippen molar-refractivity contribution in [2.24, 2.45) is 4.99 Å². The molecule has 0 saturated heterocycles. The van der Waals surface area contributed by atoms with E-state index >= 15 is 0 Å². The first-order chi connectivity index (χ1) is 13.5. The standard InChI is InChI=1S/C21H27F2N3O2.HI/c1-4-24-21(26-10-8-16-11-17(22)14-18(23)12-16)25-9-7-15-5-6-19(27-2)20(13-15)28-3;/h5-6,11-14H,4,7-10H2,1-3H3,(H2,24,25,26);1H. The number of benzene rings is 2. The van der Waals surface area contributed by atoms with Crippen LogP contribution in [-0.4, -0.2) is 39.8 Å². The van der Waals surface area contributed by atoms with Crippen molar-refractivity contribution in [3.8, 4) is 11.5 Å². The highest BCUT2D eigenvalue weighted by Crippen LogP contribution is 2.27. The largest absolute Gasteiger partial charge is 0.493 e. The summed E-state index contributed by atoms with van der Waals surface area (Å²) in [6, 6.07) is 9.34. The Hall–Kier alpha value is -2.10. The Balaban J connectivity index is 0.00000420. The molecule has 0 radical (unpaired) electrons. The van der Waals surface area contributed by atoms with Crippen LogP contribution in [0.5, 0.6) is 11.5 Å². The summed E-state index contributed by atoms with van der Waals surface area (Å²) < 4.78 is 37.1. The van der Waals surface area contributed by atoms with Crippen LogP contribution in [0.2, 0.25) is 0 Å². The first-order valence-corrected chi connectivity index (χ1v) is 9.23. The SMILES string of the molecule is CCNC(=NCCc1ccc(OC)c(OC)c1)NCCc1cc(F)cc(F)c1.I. The van der Waals surface area contributed by atoms with Crippen LogP contribution < -0.4 is 20.1 Å². The lowest BCUT2D eigenvalue weighted by Crippen LogP contribution is -2.38. The highest BCUT2D eigenvalue weighted by molar-refractivity contribution is 14.0. The van der Waals surface area contributed by atoms with Crippen LogP contribution in [0.1, 0.15) is 18.1 Å². The maximum absolute atomic E-state index is 13.3. The van der Waals surface area contributed by atoms with Crippen LogP contribution in [0, 0.1) is 11.6 Å². The van der Waals surface area contributed by atoms with E-state index in [2.05, 4.69) is 15.6 Å². The first kappa shape index (κ1) is 24.9. The molecule has 0 atom stereocenters. The molecule has 0 aliphatic rings. The second-order valence-corrected chi connectivity index (χ2v) is 6.15. The van der Waals surface area contributed by atoms with Gasteiger partial charge in [0.15, 0.2) is 17.5 Å². The fourth-order valence-electron chi connectivity index (χ4n) is 2.76. The molecule has 0 amide bonds. The molecule has 0 spiro atoms. The number of ether oxygens (including phenoxy) is 2. The van der Waals surface area contributed by atoms with Crippen molar-refractivity contribution in [2.45, 2.75) is 19.8 Å². The zero-order valence-electron chi connectivity index (χ0n) is 16.9. The van der Waals surface area contributed by atoms with Gasteiger partial charge >= 0.3 is 0 Å². The van der Waals surface area contributed by atoms with Crippen molar-refractivity contribution < 1.29 is 18.3 Å². The van der Waals surface area contributed by atoms with Gasteiger partial charge in [0.05, 0.1) is 14.2 Å². The molecule has 0 bridgehead atoms. The van der Waals surface area contributed by atoms with E-state index in [1.54, 1.807) is 14.2 Å². The van der Waals surface area contributed by atoms with E-state index in [4.69, 9.17) is 9.47 Å². The van der Waals surface area contributed by atoms with E-state index in [0.29, 0.717) is 42.5 Å². The van der Waals surface area contributed by atoms with Crippen LogP contribution in [0.15, 0.2) is 41.4 Å². The molecule has 2 aromatic carbocycles. The molecule has 2 rings (SSSR count). The quantitative estimate of drug-likeness (QED) is 0.300. The number of aliphatic imine (C=N–C) groups is 1. The molecule has 160 valence electrons. The van der Waals surface area contributed by atoms with E-state index in [-0.39, 0.29) is 24.0 Å². The number of nitrogens with zero attached hydrogens (tertiary/aromatic N) is 1. The number of guanidine groups is 1. The molecule has 0 aliphatic carbocycles. The van der Waals surface area contributed by atoms with Gasteiger partial charge in [-0.3, -0.25) is 4.99 Å². The van der Waals surface area contributed by atoms with Gasteiger partial charge in [-0.25, -0.2) is 8.78 Å². The maximum atomic E-state index is 13.3. The van der Waals surface area contributed by atoms with Gasteiger partial charge in [-0.15, -0.1) is 24.0 Å². The maximum Gasteiger partial charge on any atom is 0.191 e. The average molecular weight is 519 g/mol. The average Bonchev–Trinajstić information content (AvgIpc) is 2.67. The van der Waals surface area contributed by atoms with Crippen molar-refractivity contribution in [3.05, 3.63) is 59.2 Å². The Labute approximate surface area is 187 Å². The molecule has 0 aliphatic heterocycles. The second-order valence-electron chi connectivity index (χ2n) is 6.15. The fourth-order valence-corrected chi connectivity index (χ4v) is 2.76. The minimum absolute atomic E-state index is 0. The molecule has 2 N–H and O–H groups in total. The lowest BCUT2D eigenvalue weighted by Gasteiger charge is -2.12. The summed E-state index contributed by atoms with van der Waals surface area (Å²) in [5, 5.41) is 6.35. The van der Waals surface area contributed by atoms with E-state index in [9.17, 15) is 8.78 Å². The molecule has 0 fully saturated rings. The summed E-state index contributed by atoms with van der Waals surface area (Å²) in [5.41, 5.74) is 1.69. The monoisotopic (exact) mass is 519 g/mol. The van der Waals surface area contributed by atoms with Gasteiger partial charge in [0, 0.05) is 25.7 Å². The van der Waals surface area contributed by atoms with Crippen molar-refractivity contribution in [2.75, 3.05) is 33.9 Å². The fraction of sp³-hybridized carbons (Fsp3) is 0.381. The second kappa shape index (κ2) is 13.2. The van der Waals surface area contributed by atoms with Crippen molar-refractivity contribution in [3.63, 3.8) is 0 Å². The van der Waals surface area contributed by atoms with Crippen LogP contribution in [-0.2, 0) is 12.8 Å². The van der Waals surface area contributed by atoms with E-state index < -0.39 is 11.6 Å². The molecule has 29 heavy (non-hydrogen) atoms. The van der Waals surface area contributed by atoms with Gasteiger partial charge < -0.3 is 20.1 Å². The van der Waals surface area contributed by atoms with Gasteiger partial charge in [0.2, 0.25) is 0 Å². The highest BCUT2D eigenvalue weighted by atomic mass is 127. The van der Waals surface area contributed by atoms with Crippen molar-refractivity contribution >= 4 is 29.9 Å². The molecular weight excluding hydrogens is 491 g/mol. The summed E-state index contributed by atoms with van der Waals surface area (Å²) in [4.78, 5) is 4.55. The van der Waals surface area contributed by atoms with Crippen molar-refractivity contribution in [1.82, 2.24) is 10.6 Å². The Bertz CT molecular complexity index is 783. The number of hydrogen-bond acceptors (Lipinski definition) is 3. The van der Waals surface area contributed by atoms with Gasteiger partial charge in [-0.2, -0.15) is 0 Å². The molecular formula is C21H28F2IN3O2. The third-order valence-corrected chi connectivity index (χ3v) is 4.09. The summed E-state index contributed by atoms with van der Waals surface area (Å²) in [7, 11) is 3.21. The molecule has 0 aromatic heterocycles. The number of rotatable bonds is 9. The van der Waals surface area contributed by atoms with Gasteiger partial charge in [0.1, 0.15) is 11.6 Å². The normalized spacial score (nSPS) is 10.9. The number of nitrogens with one attached hydrogen (secondary N) is 2. The van der Waals surface area contributed by atoms with Gasteiger partial charge in [0.25, 0.3) is 0 Å². The zero-order valence-corrected chi connectivity index (χ0v) is 19.3. The first-order valence-electron chi connectivity index (χ1n) is 9.23. The lowest BCUT2D eigenvalue weighted by molar-refractivity contribution is 0.354. The summed E-state index contributed by atoms with van der Waals surface area (Å²) in [5.74, 6) is 0.922. The molecule has 0 unspecified atom stereocenters. The number of methoxy groups -OCH3 is 2. The van der Waals surface area contributed by atoms with Gasteiger partial charge in [-0.1, -0.05) is 6.07 Å². The van der Waals surface area contributed by atoms with E-state index in [1.165, 1.54) is 12.1 Å². The molecule has 2 aromatic rings. The third-order valence-electron chi connectivity index (χ3n) is 4.09. The number of halogens is 3. The predicted molar refractivity (Wildman–Crippen MR) is 123 cm³/mol. The molecule has 5 nitrogen and oxygen atoms in total. The molecule has 0 saturated carbocycles. The number of hydrogen-bond donors (Lipinski definition) is 2. The lowest BCUT2D eigenvalue weighted by atomic mass is 10.1. The van der Waals surface area contributed by atoms with Crippen LogP contribution in [0.4, 0.5) is 8.78 Å². The van der Waals surface area contributed by atoms with Gasteiger partial charge in [-0.05, 0) is 55.2 Å². The predicted octanol–water partition coefficient (Wildman–Crippen LogP) is 3.94. The highest BCUT2D eigenvalue weighted by Gasteiger charge is 2.05. The van der Waals surface area contributed by atoms with Crippen LogP contribution in [0.3, 0.4) is 0 Å². The zero-order chi connectivity index (χ0) is 20.4. The Kier molecular flexibility index (Phi) is 11.3. The summed E-state index contributed by atoms with van der Waals surface area (Å²) >= 11 is 0. The third kappa shape index (κ3) is 8.43. The Morgan fingerprint density at radius 3 is 2.21 bits per heavy atom.